The summed E-state index contributed by atoms with van der Waals surface area (Å²) in [6, 6.07) is 13.7. The monoisotopic (exact) mass is 417 g/mol. The van der Waals surface area contributed by atoms with Crippen LogP contribution in [0.1, 0.15) is 18.4 Å². The number of benzene rings is 2. The quantitative estimate of drug-likeness (QED) is 0.714. The first-order valence-corrected chi connectivity index (χ1v) is 11.0. The number of amides is 1. The average Bonchev–Trinajstić information content (AvgIpc) is 3.07. The van der Waals surface area contributed by atoms with Crippen molar-refractivity contribution >= 4 is 21.7 Å². The van der Waals surface area contributed by atoms with Gasteiger partial charge in [-0.2, -0.15) is 0 Å². The summed E-state index contributed by atoms with van der Waals surface area (Å²) in [5.74, 6) is -1.25. The van der Waals surface area contributed by atoms with Crippen molar-refractivity contribution in [1.29, 1.82) is 0 Å². The number of carbonyl (C=O) groups excluding carboxylic acids is 1. The van der Waals surface area contributed by atoms with Gasteiger partial charge in [-0.1, -0.05) is 42.5 Å². The van der Waals surface area contributed by atoms with Crippen molar-refractivity contribution in [2.24, 2.45) is 0 Å². The molecule has 2 atom stereocenters. The molecule has 1 saturated heterocycles. The van der Waals surface area contributed by atoms with Gasteiger partial charge in [0.1, 0.15) is 17.0 Å². The third kappa shape index (κ3) is 4.76. The van der Waals surface area contributed by atoms with Gasteiger partial charge >= 0.3 is 5.97 Å². The summed E-state index contributed by atoms with van der Waals surface area (Å²) >= 11 is 0. The molecule has 1 aliphatic rings. The Hall–Kier alpha value is -2.87. The highest BCUT2D eigenvalue weighted by Gasteiger charge is 2.38. The Morgan fingerprint density at radius 2 is 1.86 bits per heavy atom. The van der Waals surface area contributed by atoms with E-state index < -0.39 is 33.0 Å². The van der Waals surface area contributed by atoms with Crippen LogP contribution in [0.15, 0.2) is 48.5 Å². The fourth-order valence-corrected chi connectivity index (χ4v) is 5.26. The number of ether oxygens (including phenoxy) is 1. The van der Waals surface area contributed by atoms with E-state index in [9.17, 15) is 23.1 Å². The molecule has 154 valence electrons. The third-order valence-corrected chi connectivity index (χ3v) is 7.22. The first-order valence-electron chi connectivity index (χ1n) is 9.29. The van der Waals surface area contributed by atoms with Gasteiger partial charge in [0, 0.05) is 12.0 Å². The van der Waals surface area contributed by atoms with Gasteiger partial charge in [-0.3, -0.25) is 4.79 Å². The number of methoxy groups -OCH3 is 1. The lowest BCUT2D eigenvalue weighted by Crippen LogP contribution is -2.47. The maximum absolute atomic E-state index is 12.3. The second kappa shape index (κ2) is 8.65. The molecule has 0 aromatic heterocycles. The first kappa shape index (κ1) is 20.9. The van der Waals surface area contributed by atoms with E-state index in [0.29, 0.717) is 12.0 Å². The van der Waals surface area contributed by atoms with E-state index in [1.165, 1.54) is 0 Å². The zero-order valence-corrected chi connectivity index (χ0v) is 16.8. The molecule has 1 heterocycles. The summed E-state index contributed by atoms with van der Waals surface area (Å²) in [5, 5.41) is 10.7. The summed E-state index contributed by atoms with van der Waals surface area (Å²) in [4.78, 5) is 23.9. The summed E-state index contributed by atoms with van der Waals surface area (Å²) < 4.78 is 29.2. The number of rotatable bonds is 7. The van der Waals surface area contributed by atoms with Gasteiger partial charge in [0.05, 0.1) is 12.9 Å². The van der Waals surface area contributed by atoms with Crippen molar-refractivity contribution in [3.63, 3.8) is 0 Å². The molecule has 0 spiro atoms. The minimum atomic E-state index is -3.49. The van der Waals surface area contributed by atoms with Gasteiger partial charge in [-0.15, -0.1) is 0 Å². The lowest BCUT2D eigenvalue weighted by molar-refractivity contribution is -0.141. The van der Waals surface area contributed by atoms with Crippen molar-refractivity contribution in [2.45, 2.75) is 30.6 Å². The van der Waals surface area contributed by atoms with Crippen molar-refractivity contribution in [1.82, 2.24) is 5.32 Å². The molecule has 1 fully saturated rings. The lowest BCUT2D eigenvalue weighted by atomic mass is 10.00. The molecular weight excluding hydrogens is 394 g/mol. The molecule has 2 aromatic rings. The number of carboxylic acids is 1. The second-order valence-corrected chi connectivity index (χ2v) is 9.30. The number of hydrogen-bond donors (Lipinski definition) is 2. The van der Waals surface area contributed by atoms with Crippen molar-refractivity contribution in [3.05, 3.63) is 54.1 Å². The second-order valence-electron chi connectivity index (χ2n) is 7.00. The maximum atomic E-state index is 12.3. The number of aliphatic carboxylic acids is 1. The molecule has 29 heavy (non-hydrogen) atoms. The van der Waals surface area contributed by atoms with Crippen LogP contribution >= 0.6 is 0 Å². The molecule has 2 aromatic carbocycles. The molecule has 1 unspecified atom stereocenters. The molecule has 3 rings (SSSR count). The van der Waals surface area contributed by atoms with Gasteiger partial charge in [0.25, 0.3) is 0 Å². The predicted molar refractivity (Wildman–Crippen MR) is 109 cm³/mol. The van der Waals surface area contributed by atoms with Crippen LogP contribution in [0.3, 0.4) is 0 Å². The van der Waals surface area contributed by atoms with Crippen molar-refractivity contribution < 1.29 is 27.9 Å². The van der Waals surface area contributed by atoms with Crippen LogP contribution in [0.25, 0.3) is 11.1 Å². The Kier molecular flexibility index (Phi) is 6.22. The Morgan fingerprint density at radius 3 is 2.45 bits per heavy atom. The Balaban J connectivity index is 1.73. The smallest absolute Gasteiger partial charge is 0.326 e. The van der Waals surface area contributed by atoms with E-state index in [0.717, 1.165) is 16.9 Å². The van der Waals surface area contributed by atoms with Gasteiger partial charge < -0.3 is 15.2 Å². The zero-order chi connectivity index (χ0) is 21.0. The standard InChI is InChI=1S/C21H23NO6S/c1-28-18-6-3-2-5-16(18)15-10-8-14(9-11-15)13-17(21(24)25)22-20(23)19-7-4-12-29(19,26)27/h2-3,5-6,8-11,17,19H,4,7,12-13H2,1H3,(H,22,23)(H,24,25)/t17-,19?/m0/s1. The highest BCUT2D eigenvalue weighted by atomic mass is 32.2. The topological polar surface area (TPSA) is 110 Å². The molecule has 7 nitrogen and oxygen atoms in total. The molecule has 8 heteroatoms. The molecule has 1 aliphatic heterocycles. The largest absolute Gasteiger partial charge is 0.496 e. The molecule has 2 N–H and O–H groups in total. The maximum Gasteiger partial charge on any atom is 0.326 e. The van der Waals surface area contributed by atoms with Gasteiger partial charge in [-0.05, 0) is 30.0 Å². The number of carbonyl (C=O) groups is 2. The molecule has 0 saturated carbocycles. The SMILES string of the molecule is COc1ccccc1-c1ccc(C[C@H](NC(=O)C2CCCS2(=O)=O)C(=O)O)cc1. The summed E-state index contributed by atoms with van der Waals surface area (Å²) in [7, 11) is -1.90. The van der Waals surface area contributed by atoms with E-state index in [2.05, 4.69) is 5.32 Å². The van der Waals surface area contributed by atoms with E-state index in [1.807, 2.05) is 36.4 Å². The zero-order valence-electron chi connectivity index (χ0n) is 16.0. The normalized spacial score (nSPS) is 18.7. The molecule has 0 bridgehead atoms. The van der Waals surface area contributed by atoms with E-state index >= 15 is 0 Å². The number of nitrogens with one attached hydrogen (secondary N) is 1. The van der Waals surface area contributed by atoms with Crippen LogP contribution < -0.4 is 10.1 Å². The summed E-state index contributed by atoms with van der Waals surface area (Å²) in [6.45, 7) is 0. The third-order valence-electron chi connectivity index (χ3n) is 5.05. The summed E-state index contributed by atoms with van der Waals surface area (Å²) in [5.41, 5.74) is 2.54. The first-order chi connectivity index (χ1) is 13.8. The van der Waals surface area contributed by atoms with Crippen LogP contribution in [0, 0.1) is 0 Å². The number of para-hydroxylation sites is 1. The van der Waals surface area contributed by atoms with Crippen LogP contribution in [0.5, 0.6) is 5.75 Å². The van der Waals surface area contributed by atoms with Crippen LogP contribution in [-0.2, 0) is 25.8 Å². The van der Waals surface area contributed by atoms with Crippen LogP contribution in [0.4, 0.5) is 0 Å². The Bertz CT molecular complexity index is 1000. The highest BCUT2D eigenvalue weighted by Crippen LogP contribution is 2.29. The number of hydrogen-bond acceptors (Lipinski definition) is 5. The average molecular weight is 417 g/mol. The van der Waals surface area contributed by atoms with Gasteiger partial charge in [-0.25, -0.2) is 13.2 Å². The highest BCUT2D eigenvalue weighted by molar-refractivity contribution is 7.93. The number of carboxylic acid groups (broad SMARTS) is 1. The Morgan fingerprint density at radius 1 is 1.17 bits per heavy atom. The minimum absolute atomic E-state index is 0.0345. The number of sulfone groups is 1. The van der Waals surface area contributed by atoms with Gasteiger partial charge in [0.15, 0.2) is 9.84 Å². The molecular formula is C21H23NO6S. The fraction of sp³-hybridized carbons (Fsp3) is 0.333. The van der Waals surface area contributed by atoms with Crippen LogP contribution in [0.2, 0.25) is 0 Å². The minimum Gasteiger partial charge on any atom is -0.496 e. The summed E-state index contributed by atoms with van der Waals surface area (Å²) in [6.07, 6.45) is 0.705. The predicted octanol–water partition coefficient (Wildman–Crippen LogP) is 2.05. The molecule has 0 aliphatic carbocycles. The fourth-order valence-electron chi connectivity index (χ4n) is 3.49. The van der Waals surface area contributed by atoms with Gasteiger partial charge in [0.2, 0.25) is 5.91 Å². The van der Waals surface area contributed by atoms with Crippen molar-refractivity contribution in [3.8, 4) is 16.9 Å². The van der Waals surface area contributed by atoms with E-state index in [-0.39, 0.29) is 18.6 Å². The molecule has 0 radical (unpaired) electrons. The molecule has 1 amide bonds. The Labute approximate surface area is 169 Å². The van der Waals surface area contributed by atoms with Crippen molar-refractivity contribution in [2.75, 3.05) is 12.9 Å². The van der Waals surface area contributed by atoms with E-state index in [4.69, 9.17) is 4.74 Å². The van der Waals surface area contributed by atoms with E-state index in [1.54, 1.807) is 19.2 Å². The lowest BCUT2D eigenvalue weighted by Gasteiger charge is -2.17. The van der Waals surface area contributed by atoms with Crippen LogP contribution in [-0.4, -0.2) is 49.6 Å².